The van der Waals surface area contributed by atoms with Gasteiger partial charge in [-0.05, 0) is 77.0 Å². The molecule has 9 heteroatoms. The van der Waals surface area contributed by atoms with Crippen LogP contribution in [0, 0.1) is 0 Å². The highest BCUT2D eigenvalue weighted by Crippen LogP contribution is 2.43. The monoisotopic (exact) mass is 848 g/mol. The predicted octanol–water partition coefficient (Wildman–Crippen LogP) is 13.6. The molecule has 3 unspecified atom stereocenters. The minimum absolute atomic E-state index is 0.0481. The van der Waals surface area contributed by atoms with Gasteiger partial charge in [-0.2, -0.15) is 0 Å². The van der Waals surface area contributed by atoms with E-state index < -0.39 is 20.0 Å². The van der Waals surface area contributed by atoms with E-state index in [2.05, 4.69) is 79.9 Å². The number of aliphatic hydroxyl groups excluding tert-OH is 1. The lowest BCUT2D eigenvalue weighted by Crippen LogP contribution is -2.45. The number of nitrogens with one attached hydrogen (secondary N) is 1. The van der Waals surface area contributed by atoms with Crippen LogP contribution in [0.15, 0.2) is 72.9 Å². The van der Waals surface area contributed by atoms with Crippen molar-refractivity contribution in [3.63, 3.8) is 0 Å². The summed E-state index contributed by atoms with van der Waals surface area (Å²) in [5.41, 5.74) is 0. The average molecular weight is 848 g/mol. The molecule has 0 rings (SSSR count). The molecule has 0 heterocycles. The Bertz CT molecular complexity index is 1190. The fourth-order valence-electron chi connectivity index (χ4n) is 6.38. The van der Waals surface area contributed by atoms with Crippen LogP contribution in [0.25, 0.3) is 0 Å². The summed E-state index contributed by atoms with van der Waals surface area (Å²) < 4.78 is 23.6. The van der Waals surface area contributed by atoms with Gasteiger partial charge in [-0.1, -0.05) is 177 Å². The molecule has 0 aromatic carbocycles. The number of nitrogens with zero attached hydrogens (tertiary/aromatic N) is 1. The highest BCUT2D eigenvalue weighted by atomic mass is 31.2. The normalized spacial score (nSPS) is 14.9. The molecule has 342 valence electrons. The first-order valence-corrected chi connectivity index (χ1v) is 25.3. The Kier molecular flexibility index (Phi) is 39.9. The van der Waals surface area contributed by atoms with Gasteiger partial charge >= 0.3 is 7.82 Å². The highest BCUT2D eigenvalue weighted by Gasteiger charge is 2.27. The minimum atomic E-state index is -4.36. The van der Waals surface area contributed by atoms with Gasteiger partial charge in [-0.15, -0.1) is 0 Å². The summed E-state index contributed by atoms with van der Waals surface area (Å²) in [5, 5.41) is 13.8. The lowest BCUT2D eigenvalue weighted by Gasteiger charge is -2.25. The van der Waals surface area contributed by atoms with Crippen LogP contribution in [0.1, 0.15) is 187 Å². The van der Waals surface area contributed by atoms with E-state index in [-0.39, 0.29) is 19.1 Å². The Morgan fingerprint density at radius 3 is 1.56 bits per heavy atom. The molecule has 0 aliphatic rings. The van der Waals surface area contributed by atoms with Gasteiger partial charge in [0.2, 0.25) is 5.91 Å². The molecular formula is C50H92N2O6P+. The smallest absolute Gasteiger partial charge is 0.387 e. The van der Waals surface area contributed by atoms with Gasteiger partial charge < -0.3 is 19.8 Å². The maximum Gasteiger partial charge on any atom is 0.472 e. The first kappa shape index (κ1) is 56.9. The van der Waals surface area contributed by atoms with Crippen molar-refractivity contribution in [2.24, 2.45) is 0 Å². The molecular weight excluding hydrogens is 756 g/mol. The number of amides is 1. The van der Waals surface area contributed by atoms with E-state index in [1.165, 1.54) is 89.9 Å². The third-order valence-corrected chi connectivity index (χ3v) is 11.1. The summed E-state index contributed by atoms with van der Waals surface area (Å²) in [7, 11) is 1.53. The Morgan fingerprint density at radius 1 is 0.593 bits per heavy atom. The maximum absolute atomic E-state index is 12.9. The van der Waals surface area contributed by atoms with Crippen molar-refractivity contribution in [2.75, 3.05) is 40.9 Å². The molecule has 0 fully saturated rings. The van der Waals surface area contributed by atoms with Crippen LogP contribution in [0.3, 0.4) is 0 Å². The number of carbonyl (C=O) groups excluding carboxylic acids is 1. The van der Waals surface area contributed by atoms with Gasteiger partial charge in [0.05, 0.1) is 39.9 Å². The van der Waals surface area contributed by atoms with Crippen molar-refractivity contribution in [3.8, 4) is 0 Å². The number of rotatable bonds is 42. The Labute approximate surface area is 364 Å². The van der Waals surface area contributed by atoms with Gasteiger partial charge in [0, 0.05) is 6.42 Å². The number of carbonyl (C=O) groups is 1. The van der Waals surface area contributed by atoms with Crippen molar-refractivity contribution < 1.29 is 32.9 Å². The average Bonchev–Trinajstić information content (AvgIpc) is 3.19. The second kappa shape index (κ2) is 41.3. The van der Waals surface area contributed by atoms with Crippen LogP contribution in [0.4, 0.5) is 0 Å². The number of quaternary nitrogens is 1. The summed E-state index contributed by atoms with van der Waals surface area (Å²) in [5.74, 6) is -0.204. The summed E-state index contributed by atoms with van der Waals surface area (Å²) in [6, 6.07) is -0.878. The SMILES string of the molecule is CC/C=C\C/C=C\C/C=C\CCCCCCCCCC(=O)NC(COP(=O)(O)OCC[N+](C)(C)C)C(O)/C=C/CC/C=C/CC/C=C/CCCCCCCCCCCC. The van der Waals surface area contributed by atoms with Gasteiger partial charge in [0.25, 0.3) is 0 Å². The molecule has 0 saturated carbocycles. The number of phosphoric ester groups is 1. The lowest BCUT2D eigenvalue weighted by molar-refractivity contribution is -0.870. The van der Waals surface area contributed by atoms with Crippen LogP contribution in [0.2, 0.25) is 0 Å². The molecule has 0 aromatic rings. The van der Waals surface area contributed by atoms with Crippen LogP contribution in [-0.2, 0) is 18.4 Å². The quantitative estimate of drug-likeness (QED) is 0.0245. The number of allylic oxidation sites excluding steroid dienone is 11. The number of unbranched alkanes of at least 4 members (excludes halogenated alkanes) is 19. The molecule has 59 heavy (non-hydrogen) atoms. The second-order valence-electron chi connectivity index (χ2n) is 17.1. The Morgan fingerprint density at radius 2 is 1.03 bits per heavy atom. The summed E-state index contributed by atoms with van der Waals surface area (Å²) in [6.45, 7) is 4.65. The summed E-state index contributed by atoms with van der Waals surface area (Å²) in [6.07, 6.45) is 55.5. The zero-order valence-electron chi connectivity index (χ0n) is 38.7. The van der Waals surface area contributed by atoms with E-state index in [4.69, 9.17) is 9.05 Å². The molecule has 0 spiro atoms. The van der Waals surface area contributed by atoms with Crippen LogP contribution in [0.5, 0.6) is 0 Å². The maximum atomic E-state index is 12.9. The molecule has 0 aromatic heterocycles. The number of likely N-dealkylation sites (N-methyl/N-ethyl adjacent to an activating group) is 1. The first-order valence-electron chi connectivity index (χ1n) is 23.8. The number of hydrogen-bond acceptors (Lipinski definition) is 5. The fraction of sp³-hybridized carbons (Fsp3) is 0.740. The second-order valence-corrected chi connectivity index (χ2v) is 18.5. The van der Waals surface area contributed by atoms with Crippen molar-refractivity contribution in [1.82, 2.24) is 5.32 Å². The van der Waals surface area contributed by atoms with Gasteiger partial charge in [-0.25, -0.2) is 4.57 Å². The molecule has 0 bridgehead atoms. The summed E-state index contributed by atoms with van der Waals surface area (Å²) >= 11 is 0. The third-order valence-electron chi connectivity index (χ3n) is 10.1. The molecule has 1 amide bonds. The zero-order chi connectivity index (χ0) is 43.6. The topological polar surface area (TPSA) is 105 Å². The van der Waals surface area contributed by atoms with Crippen LogP contribution in [-0.4, -0.2) is 73.4 Å². The van der Waals surface area contributed by atoms with Gasteiger partial charge in [0.1, 0.15) is 13.2 Å². The number of phosphoric acid groups is 1. The Balaban J connectivity index is 4.48. The highest BCUT2D eigenvalue weighted by molar-refractivity contribution is 7.47. The largest absolute Gasteiger partial charge is 0.472 e. The van der Waals surface area contributed by atoms with Crippen molar-refractivity contribution in [2.45, 2.75) is 199 Å². The molecule has 3 N–H and O–H groups in total. The van der Waals surface area contributed by atoms with E-state index in [9.17, 15) is 19.4 Å². The molecule has 3 atom stereocenters. The van der Waals surface area contributed by atoms with E-state index in [0.29, 0.717) is 17.4 Å². The lowest BCUT2D eigenvalue weighted by atomic mass is 10.1. The standard InChI is InChI=1S/C50H91N2O6P/c1-6-8-10-12-14-16-18-20-22-24-25-26-28-29-31-33-35-37-39-41-43-49(53)48(47-58-59(55,56)57-46-45-52(3,4)5)51-50(54)44-42-40-38-36-34-32-30-27-23-21-19-17-15-13-11-9-7-2/h9,11,15,17,21,23,26,28,33,35,41,43,48-49,53H,6-8,10,12-14,16,18-20,22,24-25,27,29-32,34,36-40,42,44-47H2,1-5H3,(H-,51,54,55,56)/p+1/b11-9-,17-15-,23-21-,28-26+,35-33+,43-41+. The van der Waals surface area contributed by atoms with Crippen molar-refractivity contribution >= 4 is 13.7 Å². The zero-order valence-corrected chi connectivity index (χ0v) is 39.6. The van der Waals surface area contributed by atoms with Crippen molar-refractivity contribution in [3.05, 3.63) is 72.9 Å². The van der Waals surface area contributed by atoms with E-state index in [1.807, 2.05) is 27.2 Å². The summed E-state index contributed by atoms with van der Waals surface area (Å²) in [4.78, 5) is 23.2. The number of aliphatic hydroxyl groups is 1. The molecule has 8 nitrogen and oxygen atoms in total. The van der Waals surface area contributed by atoms with Crippen molar-refractivity contribution in [1.29, 1.82) is 0 Å². The Hall–Kier alpha value is -2.06. The predicted molar refractivity (Wildman–Crippen MR) is 253 cm³/mol. The van der Waals surface area contributed by atoms with Crippen LogP contribution < -0.4 is 5.32 Å². The molecule has 0 aliphatic carbocycles. The molecule has 0 radical (unpaired) electrons. The van der Waals surface area contributed by atoms with Crippen LogP contribution >= 0.6 is 7.82 Å². The fourth-order valence-corrected chi connectivity index (χ4v) is 7.12. The molecule has 0 aliphatic heterocycles. The third kappa shape index (κ3) is 43.8. The molecule has 0 saturated heterocycles. The number of hydrogen-bond donors (Lipinski definition) is 3. The van der Waals surface area contributed by atoms with E-state index >= 15 is 0 Å². The first-order chi connectivity index (χ1) is 28.5. The van der Waals surface area contributed by atoms with E-state index in [1.54, 1.807) is 6.08 Å². The van der Waals surface area contributed by atoms with E-state index in [0.717, 1.165) is 77.0 Å². The van der Waals surface area contributed by atoms with Gasteiger partial charge in [-0.3, -0.25) is 13.8 Å². The van der Waals surface area contributed by atoms with Gasteiger partial charge in [0.15, 0.2) is 0 Å². The minimum Gasteiger partial charge on any atom is -0.387 e.